The lowest BCUT2D eigenvalue weighted by Crippen LogP contribution is -1.99. The molecule has 0 aromatic heterocycles. The molecule has 0 bridgehead atoms. The number of benzene rings is 1. The van der Waals surface area contributed by atoms with Gasteiger partial charge in [-0.05, 0) is 18.6 Å². The first kappa shape index (κ1) is 15.5. The molecule has 3 heteroatoms. The van der Waals surface area contributed by atoms with E-state index in [-0.39, 0.29) is 0 Å². The second kappa shape index (κ2) is 9.40. The van der Waals surface area contributed by atoms with Gasteiger partial charge in [0.2, 0.25) is 0 Å². The molecule has 0 heterocycles. The zero-order valence-corrected chi connectivity index (χ0v) is 12.8. The number of rotatable bonds is 9. The van der Waals surface area contributed by atoms with Crippen molar-refractivity contribution in [2.24, 2.45) is 0 Å². The zero-order valence-electron chi connectivity index (χ0n) is 11.3. The van der Waals surface area contributed by atoms with Crippen LogP contribution >= 0.6 is 15.9 Å². The third kappa shape index (κ3) is 6.41. The van der Waals surface area contributed by atoms with Gasteiger partial charge < -0.3 is 10.5 Å². The SMILES string of the molecule is CCCCCCCCOCc1ccc(Br)cc1N. The highest BCUT2D eigenvalue weighted by Gasteiger charge is 2.00. The quantitative estimate of drug-likeness (QED) is 0.519. The molecular formula is C15H24BrNO. The number of halogens is 1. The first-order chi connectivity index (χ1) is 8.74. The molecule has 1 rings (SSSR count). The number of hydrogen-bond donors (Lipinski definition) is 1. The van der Waals surface area contributed by atoms with E-state index in [1.54, 1.807) is 0 Å². The van der Waals surface area contributed by atoms with Gasteiger partial charge in [0.15, 0.2) is 0 Å². The Morgan fingerprint density at radius 1 is 1.11 bits per heavy atom. The van der Waals surface area contributed by atoms with E-state index in [2.05, 4.69) is 22.9 Å². The standard InChI is InChI=1S/C15H24BrNO/c1-2-3-4-5-6-7-10-18-12-13-8-9-14(16)11-15(13)17/h8-9,11H,2-7,10,12,17H2,1H3. The maximum absolute atomic E-state index is 5.91. The minimum Gasteiger partial charge on any atom is -0.398 e. The number of anilines is 1. The molecule has 1 aromatic carbocycles. The zero-order chi connectivity index (χ0) is 13.2. The van der Waals surface area contributed by atoms with Crippen molar-refractivity contribution in [2.45, 2.75) is 52.1 Å². The maximum atomic E-state index is 5.91. The Kier molecular flexibility index (Phi) is 8.10. The Hall–Kier alpha value is -0.540. The highest BCUT2D eigenvalue weighted by atomic mass is 79.9. The number of hydrogen-bond acceptors (Lipinski definition) is 2. The van der Waals surface area contributed by atoms with Crippen LogP contribution in [0.3, 0.4) is 0 Å². The lowest BCUT2D eigenvalue weighted by molar-refractivity contribution is 0.117. The van der Waals surface area contributed by atoms with E-state index in [1.807, 2.05) is 18.2 Å². The molecular weight excluding hydrogens is 290 g/mol. The summed E-state index contributed by atoms with van der Waals surface area (Å²) in [5.41, 5.74) is 7.78. The van der Waals surface area contributed by atoms with Crippen LogP contribution in [0.2, 0.25) is 0 Å². The van der Waals surface area contributed by atoms with E-state index in [9.17, 15) is 0 Å². The predicted molar refractivity (Wildman–Crippen MR) is 81.6 cm³/mol. The summed E-state index contributed by atoms with van der Waals surface area (Å²) in [6, 6.07) is 5.93. The Bertz CT molecular complexity index is 341. The normalized spacial score (nSPS) is 10.8. The van der Waals surface area contributed by atoms with Gasteiger partial charge in [-0.2, -0.15) is 0 Å². The molecule has 2 N–H and O–H groups in total. The Balaban J connectivity index is 2.07. The molecule has 0 saturated heterocycles. The molecule has 0 spiro atoms. The lowest BCUT2D eigenvalue weighted by Gasteiger charge is -2.07. The van der Waals surface area contributed by atoms with E-state index < -0.39 is 0 Å². The minimum absolute atomic E-state index is 0.619. The van der Waals surface area contributed by atoms with Crippen LogP contribution in [-0.4, -0.2) is 6.61 Å². The smallest absolute Gasteiger partial charge is 0.0736 e. The van der Waals surface area contributed by atoms with Gasteiger partial charge in [0.1, 0.15) is 0 Å². The third-order valence-corrected chi connectivity index (χ3v) is 3.50. The molecule has 0 aliphatic rings. The second-order valence-corrected chi connectivity index (χ2v) is 5.58. The van der Waals surface area contributed by atoms with E-state index in [0.717, 1.165) is 28.8 Å². The third-order valence-electron chi connectivity index (χ3n) is 3.01. The number of nitrogens with two attached hydrogens (primary N) is 1. The van der Waals surface area contributed by atoms with E-state index in [0.29, 0.717) is 6.61 Å². The highest BCUT2D eigenvalue weighted by molar-refractivity contribution is 9.10. The second-order valence-electron chi connectivity index (χ2n) is 4.66. The van der Waals surface area contributed by atoms with Crippen molar-refractivity contribution in [3.05, 3.63) is 28.2 Å². The Morgan fingerprint density at radius 2 is 1.83 bits per heavy atom. The molecule has 0 aliphatic heterocycles. The van der Waals surface area contributed by atoms with Gasteiger partial charge in [0.25, 0.3) is 0 Å². The highest BCUT2D eigenvalue weighted by Crippen LogP contribution is 2.19. The number of nitrogen functional groups attached to an aromatic ring is 1. The first-order valence-electron chi connectivity index (χ1n) is 6.85. The van der Waals surface area contributed by atoms with Crippen molar-refractivity contribution in [1.82, 2.24) is 0 Å². The van der Waals surface area contributed by atoms with Crippen molar-refractivity contribution in [1.29, 1.82) is 0 Å². The van der Waals surface area contributed by atoms with Crippen molar-refractivity contribution in [3.8, 4) is 0 Å². The van der Waals surface area contributed by atoms with E-state index in [1.165, 1.54) is 32.1 Å². The monoisotopic (exact) mass is 313 g/mol. The van der Waals surface area contributed by atoms with Crippen LogP contribution < -0.4 is 5.73 Å². The van der Waals surface area contributed by atoms with Crippen LogP contribution in [0, 0.1) is 0 Å². The van der Waals surface area contributed by atoms with Gasteiger partial charge >= 0.3 is 0 Å². The summed E-state index contributed by atoms with van der Waals surface area (Å²) in [5, 5.41) is 0. The summed E-state index contributed by atoms with van der Waals surface area (Å²) >= 11 is 3.40. The minimum atomic E-state index is 0.619. The average Bonchev–Trinajstić information content (AvgIpc) is 2.35. The molecule has 0 amide bonds. The van der Waals surface area contributed by atoms with Gasteiger partial charge in [-0.3, -0.25) is 0 Å². The van der Waals surface area contributed by atoms with Crippen LogP contribution in [-0.2, 0) is 11.3 Å². The summed E-state index contributed by atoms with van der Waals surface area (Å²) in [6.07, 6.45) is 7.78. The summed E-state index contributed by atoms with van der Waals surface area (Å²) in [7, 11) is 0. The fourth-order valence-electron chi connectivity index (χ4n) is 1.86. The summed E-state index contributed by atoms with van der Waals surface area (Å²) in [5.74, 6) is 0. The molecule has 18 heavy (non-hydrogen) atoms. The predicted octanol–water partition coefficient (Wildman–Crippen LogP) is 4.91. The molecule has 0 unspecified atom stereocenters. The van der Waals surface area contributed by atoms with Crippen LogP contribution in [0.4, 0.5) is 5.69 Å². The fraction of sp³-hybridized carbons (Fsp3) is 0.600. The number of ether oxygens (including phenoxy) is 1. The molecule has 0 radical (unpaired) electrons. The van der Waals surface area contributed by atoms with Crippen LogP contribution in [0.25, 0.3) is 0 Å². The molecule has 102 valence electrons. The van der Waals surface area contributed by atoms with Crippen LogP contribution in [0.1, 0.15) is 51.0 Å². The molecule has 0 atom stereocenters. The van der Waals surface area contributed by atoms with Gasteiger partial charge in [0.05, 0.1) is 6.61 Å². The molecule has 1 aromatic rings. The lowest BCUT2D eigenvalue weighted by atomic mass is 10.1. The van der Waals surface area contributed by atoms with Crippen LogP contribution in [0.5, 0.6) is 0 Å². The fourth-order valence-corrected chi connectivity index (χ4v) is 2.24. The summed E-state index contributed by atoms with van der Waals surface area (Å²) < 4.78 is 6.67. The Labute approximate surface area is 119 Å². The van der Waals surface area contributed by atoms with Gasteiger partial charge in [0, 0.05) is 22.3 Å². The van der Waals surface area contributed by atoms with Crippen molar-refractivity contribution in [3.63, 3.8) is 0 Å². The molecule has 0 aliphatic carbocycles. The largest absolute Gasteiger partial charge is 0.398 e. The van der Waals surface area contributed by atoms with E-state index in [4.69, 9.17) is 10.5 Å². The van der Waals surface area contributed by atoms with Gasteiger partial charge in [-0.15, -0.1) is 0 Å². The average molecular weight is 314 g/mol. The molecule has 0 saturated carbocycles. The number of unbranched alkanes of at least 4 members (excludes halogenated alkanes) is 5. The molecule has 0 fully saturated rings. The summed E-state index contributed by atoms with van der Waals surface area (Å²) in [6.45, 7) is 3.70. The topological polar surface area (TPSA) is 35.2 Å². The van der Waals surface area contributed by atoms with Crippen molar-refractivity contribution in [2.75, 3.05) is 12.3 Å². The van der Waals surface area contributed by atoms with Gasteiger partial charge in [-0.25, -0.2) is 0 Å². The van der Waals surface area contributed by atoms with Crippen LogP contribution in [0.15, 0.2) is 22.7 Å². The first-order valence-corrected chi connectivity index (χ1v) is 7.65. The van der Waals surface area contributed by atoms with Crippen molar-refractivity contribution < 1.29 is 4.74 Å². The molecule has 2 nitrogen and oxygen atoms in total. The Morgan fingerprint density at radius 3 is 2.56 bits per heavy atom. The maximum Gasteiger partial charge on any atom is 0.0736 e. The summed E-state index contributed by atoms with van der Waals surface area (Å²) in [4.78, 5) is 0. The van der Waals surface area contributed by atoms with Gasteiger partial charge in [-0.1, -0.05) is 61.0 Å². The van der Waals surface area contributed by atoms with Crippen molar-refractivity contribution >= 4 is 21.6 Å². The van der Waals surface area contributed by atoms with E-state index >= 15 is 0 Å².